The molecule has 0 bridgehead atoms. The van der Waals surface area contributed by atoms with Gasteiger partial charge in [0.2, 0.25) is 0 Å². The van der Waals surface area contributed by atoms with Crippen LogP contribution in [0.1, 0.15) is 22.5 Å². The van der Waals surface area contributed by atoms with Gasteiger partial charge in [-0.25, -0.2) is 18.6 Å². The highest BCUT2D eigenvalue weighted by molar-refractivity contribution is 14.1. The maximum Gasteiger partial charge on any atom is 0.354 e. The number of nitrogen functional groups attached to an aromatic ring is 1. The van der Waals surface area contributed by atoms with Crippen LogP contribution in [0, 0.1) is 3.57 Å². The molecule has 3 N–H and O–H groups in total. The molecule has 14 heavy (non-hydrogen) atoms. The van der Waals surface area contributed by atoms with E-state index in [2.05, 4.69) is 4.98 Å². The van der Waals surface area contributed by atoms with Gasteiger partial charge in [0.15, 0.2) is 5.69 Å². The van der Waals surface area contributed by atoms with Gasteiger partial charge < -0.3 is 10.8 Å². The number of alkyl halides is 2. The number of carbonyl (C=O) groups is 1. The molecule has 0 aliphatic rings. The Bertz CT molecular complexity index is 361. The van der Waals surface area contributed by atoms with Gasteiger partial charge in [0.25, 0.3) is 6.43 Å². The zero-order chi connectivity index (χ0) is 10.9. The van der Waals surface area contributed by atoms with E-state index in [1.54, 1.807) is 22.6 Å². The molecule has 1 aromatic rings. The van der Waals surface area contributed by atoms with Gasteiger partial charge in [0, 0.05) is 3.57 Å². The molecule has 0 saturated carbocycles. The number of rotatable bonds is 2. The van der Waals surface area contributed by atoms with E-state index in [0.29, 0.717) is 0 Å². The summed E-state index contributed by atoms with van der Waals surface area (Å²) < 4.78 is 24.8. The van der Waals surface area contributed by atoms with Gasteiger partial charge in [0.1, 0.15) is 5.82 Å². The van der Waals surface area contributed by atoms with Gasteiger partial charge in [-0.05, 0) is 28.7 Å². The summed E-state index contributed by atoms with van der Waals surface area (Å²) in [5.74, 6) is -1.74. The molecule has 0 unspecified atom stereocenters. The zero-order valence-corrected chi connectivity index (χ0v) is 8.83. The third-order valence-corrected chi connectivity index (χ3v) is 2.37. The minimum Gasteiger partial charge on any atom is -0.477 e. The number of carboxylic acids is 1. The Morgan fingerprint density at radius 3 is 2.57 bits per heavy atom. The molecular weight excluding hydrogens is 309 g/mol. The van der Waals surface area contributed by atoms with Crippen LogP contribution in [0.25, 0.3) is 0 Å². The fourth-order valence-corrected chi connectivity index (χ4v) is 1.67. The Hall–Kier alpha value is -0.990. The van der Waals surface area contributed by atoms with Crippen LogP contribution in [0.3, 0.4) is 0 Å². The highest BCUT2D eigenvalue weighted by atomic mass is 127. The number of aromatic nitrogens is 1. The molecule has 1 heterocycles. The van der Waals surface area contributed by atoms with Crippen molar-refractivity contribution in [3.63, 3.8) is 0 Å². The fourth-order valence-electron chi connectivity index (χ4n) is 0.868. The van der Waals surface area contributed by atoms with E-state index in [1.807, 2.05) is 0 Å². The van der Waals surface area contributed by atoms with Crippen molar-refractivity contribution in [3.05, 3.63) is 20.9 Å². The summed E-state index contributed by atoms with van der Waals surface area (Å²) in [6.45, 7) is 0. The van der Waals surface area contributed by atoms with E-state index in [-0.39, 0.29) is 9.26 Å². The van der Waals surface area contributed by atoms with Crippen LogP contribution in [-0.2, 0) is 0 Å². The molecule has 1 aromatic heterocycles. The lowest BCUT2D eigenvalue weighted by atomic mass is 10.2. The molecule has 7 heteroatoms. The first kappa shape index (κ1) is 11.1. The number of anilines is 1. The van der Waals surface area contributed by atoms with Crippen LogP contribution in [0.4, 0.5) is 14.6 Å². The van der Waals surface area contributed by atoms with Crippen molar-refractivity contribution in [1.82, 2.24) is 4.98 Å². The number of hydrogen-bond acceptors (Lipinski definition) is 3. The van der Waals surface area contributed by atoms with Crippen molar-refractivity contribution in [2.45, 2.75) is 6.43 Å². The van der Waals surface area contributed by atoms with Crippen LogP contribution >= 0.6 is 22.6 Å². The number of nitrogens with two attached hydrogens (primary N) is 1. The summed E-state index contributed by atoms with van der Waals surface area (Å²) in [6, 6.07) is 1.06. The van der Waals surface area contributed by atoms with Crippen LogP contribution in [0.2, 0.25) is 0 Å². The van der Waals surface area contributed by atoms with Crippen molar-refractivity contribution in [3.8, 4) is 0 Å². The Kier molecular flexibility index (Phi) is 3.19. The summed E-state index contributed by atoms with van der Waals surface area (Å²) in [6.07, 6.45) is -2.75. The van der Waals surface area contributed by atoms with E-state index in [9.17, 15) is 13.6 Å². The molecule has 0 radical (unpaired) electrons. The third-order valence-electron chi connectivity index (χ3n) is 1.47. The van der Waals surface area contributed by atoms with E-state index in [4.69, 9.17) is 10.8 Å². The molecule has 0 aliphatic carbocycles. The summed E-state index contributed by atoms with van der Waals surface area (Å²) >= 11 is 1.60. The average molecular weight is 314 g/mol. The normalized spacial score (nSPS) is 10.6. The maximum absolute atomic E-state index is 12.3. The minimum absolute atomic E-state index is 0.0995. The second kappa shape index (κ2) is 4.03. The number of hydrogen-bond donors (Lipinski definition) is 2. The molecule has 0 aliphatic heterocycles. The lowest BCUT2D eigenvalue weighted by molar-refractivity contribution is 0.0690. The SMILES string of the molecule is Nc1nc(C(=O)O)cc(I)c1C(F)F. The second-order valence-electron chi connectivity index (χ2n) is 2.39. The molecule has 76 valence electrons. The van der Waals surface area contributed by atoms with E-state index in [1.165, 1.54) is 0 Å². The predicted octanol–water partition coefficient (Wildman–Crippen LogP) is 1.90. The smallest absolute Gasteiger partial charge is 0.354 e. The summed E-state index contributed by atoms with van der Waals surface area (Å²) in [4.78, 5) is 13.8. The maximum atomic E-state index is 12.3. The van der Waals surface area contributed by atoms with E-state index < -0.39 is 23.8 Å². The van der Waals surface area contributed by atoms with Gasteiger partial charge in [-0.2, -0.15) is 0 Å². The van der Waals surface area contributed by atoms with Gasteiger partial charge in [-0.3, -0.25) is 0 Å². The molecule has 0 fully saturated rings. The Balaban J connectivity index is 3.32. The van der Waals surface area contributed by atoms with E-state index >= 15 is 0 Å². The Morgan fingerprint density at radius 2 is 2.21 bits per heavy atom. The van der Waals surface area contributed by atoms with Crippen molar-refractivity contribution >= 4 is 34.4 Å². The number of pyridine rings is 1. The molecule has 0 saturated heterocycles. The monoisotopic (exact) mass is 314 g/mol. The zero-order valence-electron chi connectivity index (χ0n) is 6.67. The van der Waals surface area contributed by atoms with Gasteiger partial charge >= 0.3 is 5.97 Å². The average Bonchev–Trinajstić information content (AvgIpc) is 2.01. The van der Waals surface area contributed by atoms with Crippen molar-refractivity contribution in [2.75, 3.05) is 5.73 Å². The first-order valence-corrected chi connectivity index (χ1v) is 4.48. The van der Waals surface area contributed by atoms with Crippen molar-refractivity contribution in [2.24, 2.45) is 0 Å². The first-order valence-electron chi connectivity index (χ1n) is 3.41. The molecule has 4 nitrogen and oxygen atoms in total. The van der Waals surface area contributed by atoms with Crippen LogP contribution < -0.4 is 5.73 Å². The number of halogens is 3. The highest BCUT2D eigenvalue weighted by Crippen LogP contribution is 2.28. The molecule has 0 amide bonds. The molecule has 0 atom stereocenters. The van der Waals surface area contributed by atoms with Gasteiger partial charge in [0.05, 0.1) is 5.56 Å². The summed E-state index contributed by atoms with van der Waals surface area (Å²) in [5.41, 5.74) is 4.44. The minimum atomic E-state index is -2.75. The summed E-state index contributed by atoms with van der Waals surface area (Å²) in [5, 5.41) is 8.55. The number of carboxylic acid groups (broad SMARTS) is 1. The molecule has 0 spiro atoms. The van der Waals surface area contributed by atoms with Crippen LogP contribution in [0.5, 0.6) is 0 Å². The predicted molar refractivity (Wildman–Crippen MR) is 53.3 cm³/mol. The van der Waals surface area contributed by atoms with Gasteiger partial charge in [-0.1, -0.05) is 0 Å². The Morgan fingerprint density at radius 1 is 1.64 bits per heavy atom. The van der Waals surface area contributed by atoms with Crippen LogP contribution in [-0.4, -0.2) is 16.1 Å². The molecular formula is C7H5F2IN2O2. The first-order chi connectivity index (χ1) is 6.43. The van der Waals surface area contributed by atoms with Crippen molar-refractivity contribution < 1.29 is 18.7 Å². The van der Waals surface area contributed by atoms with Crippen molar-refractivity contribution in [1.29, 1.82) is 0 Å². The third kappa shape index (κ3) is 2.08. The highest BCUT2D eigenvalue weighted by Gasteiger charge is 2.19. The Labute approximate surface area is 91.3 Å². The topological polar surface area (TPSA) is 76.2 Å². The lowest BCUT2D eigenvalue weighted by Crippen LogP contribution is -2.08. The number of nitrogens with zero attached hydrogens (tertiary/aromatic N) is 1. The largest absolute Gasteiger partial charge is 0.477 e. The fraction of sp³-hybridized carbons (Fsp3) is 0.143. The van der Waals surface area contributed by atoms with E-state index in [0.717, 1.165) is 6.07 Å². The summed E-state index contributed by atoms with van der Waals surface area (Å²) in [7, 11) is 0. The quantitative estimate of drug-likeness (QED) is 0.818. The standard InChI is InChI=1S/C7H5F2IN2O2/c8-5(9)4-2(10)1-3(7(13)14)12-6(4)11/h1,5H,(H2,11,12)(H,13,14). The van der Waals surface area contributed by atoms with Crippen LogP contribution in [0.15, 0.2) is 6.07 Å². The molecule has 1 rings (SSSR count). The molecule has 0 aromatic carbocycles. The van der Waals surface area contributed by atoms with Gasteiger partial charge in [-0.15, -0.1) is 0 Å². The lowest BCUT2D eigenvalue weighted by Gasteiger charge is -2.07. The number of aromatic carboxylic acids is 1. The second-order valence-corrected chi connectivity index (χ2v) is 3.56.